The molecular formula is C39H37N3O3S. The summed E-state index contributed by atoms with van der Waals surface area (Å²) in [4.78, 5) is 36.6. The van der Waals surface area contributed by atoms with Gasteiger partial charge in [0.15, 0.2) is 5.16 Å². The van der Waals surface area contributed by atoms with Crippen LogP contribution in [0.4, 0.5) is 11.4 Å². The SMILES string of the molecule is COc1ccccc1-n1c(S[C@@H](C)C(=O)N(c2ccccc2)c2ccccc2)nc2c(c1=O)C1(CCCCC1)Cc1ccccc1-2. The molecule has 0 N–H and O–H groups in total. The van der Waals surface area contributed by atoms with Crippen LogP contribution in [0.15, 0.2) is 119 Å². The van der Waals surface area contributed by atoms with E-state index in [-0.39, 0.29) is 16.9 Å². The summed E-state index contributed by atoms with van der Waals surface area (Å²) in [5, 5.41) is -0.105. The standard InChI is InChI=1S/C39H37N3O3S/c1-27(36(43)41(29-17-6-3-7-18-29)30-19-8-4-9-20-30)46-38-40-35-31-21-11-10-16-28(31)26-39(24-14-5-15-25-39)34(35)37(44)42(38)32-22-12-13-23-33(32)45-2/h3-4,6-13,16-23,27H,5,14-15,24-26H2,1-2H3/t27-/m0/s1. The molecule has 0 bridgehead atoms. The maximum Gasteiger partial charge on any atom is 0.263 e. The Hall–Kier alpha value is -4.62. The lowest BCUT2D eigenvalue weighted by Crippen LogP contribution is -2.43. The van der Waals surface area contributed by atoms with Crippen LogP contribution in [0.1, 0.15) is 50.2 Å². The molecule has 0 radical (unpaired) electrons. The van der Waals surface area contributed by atoms with E-state index in [1.165, 1.54) is 23.7 Å². The van der Waals surface area contributed by atoms with Crippen molar-refractivity contribution in [3.05, 3.63) is 131 Å². The van der Waals surface area contributed by atoms with E-state index in [1.807, 2.05) is 97.9 Å². The molecule has 0 unspecified atom stereocenters. The van der Waals surface area contributed by atoms with Gasteiger partial charge in [-0.05, 0) is 68.1 Å². The molecule has 232 valence electrons. The van der Waals surface area contributed by atoms with Gasteiger partial charge in [0.25, 0.3) is 5.56 Å². The smallest absolute Gasteiger partial charge is 0.263 e. The Balaban J connectivity index is 1.41. The third-order valence-corrected chi connectivity index (χ3v) is 10.4. The van der Waals surface area contributed by atoms with Crippen LogP contribution in [0.2, 0.25) is 0 Å². The van der Waals surface area contributed by atoms with E-state index in [0.29, 0.717) is 16.6 Å². The van der Waals surface area contributed by atoms with Crippen molar-refractivity contribution in [1.29, 1.82) is 0 Å². The van der Waals surface area contributed by atoms with Crippen molar-refractivity contribution >= 4 is 29.0 Å². The highest BCUT2D eigenvalue weighted by molar-refractivity contribution is 8.00. The number of ether oxygens (including phenoxy) is 1. The summed E-state index contributed by atoms with van der Waals surface area (Å²) in [7, 11) is 1.62. The van der Waals surface area contributed by atoms with Gasteiger partial charge in [0.2, 0.25) is 5.91 Å². The molecule has 1 fully saturated rings. The quantitative estimate of drug-likeness (QED) is 0.134. The summed E-state index contributed by atoms with van der Waals surface area (Å²) in [5.74, 6) is 0.473. The number of rotatable bonds is 7. The average Bonchev–Trinajstić information content (AvgIpc) is 3.09. The monoisotopic (exact) mass is 627 g/mol. The van der Waals surface area contributed by atoms with Crippen LogP contribution in [0.25, 0.3) is 16.9 Å². The van der Waals surface area contributed by atoms with Crippen LogP contribution < -0.4 is 15.2 Å². The Labute approximate surface area is 274 Å². The molecule has 7 heteroatoms. The fourth-order valence-electron chi connectivity index (χ4n) is 7.24. The first kappa shape index (κ1) is 30.1. The molecule has 1 spiro atoms. The van der Waals surface area contributed by atoms with Crippen LogP contribution >= 0.6 is 11.8 Å². The van der Waals surface area contributed by atoms with Gasteiger partial charge < -0.3 is 4.74 Å². The van der Waals surface area contributed by atoms with Gasteiger partial charge in [-0.1, -0.05) is 104 Å². The molecule has 1 atom stereocenters. The van der Waals surface area contributed by atoms with Crippen molar-refractivity contribution < 1.29 is 9.53 Å². The van der Waals surface area contributed by atoms with E-state index in [9.17, 15) is 4.79 Å². The normalized spacial score (nSPS) is 15.4. The van der Waals surface area contributed by atoms with Crippen LogP contribution in [-0.4, -0.2) is 27.8 Å². The molecule has 1 heterocycles. The third-order valence-electron chi connectivity index (χ3n) is 9.40. The molecule has 2 aliphatic carbocycles. The number of carbonyl (C=O) groups excluding carboxylic acids is 1. The number of carbonyl (C=O) groups is 1. The highest BCUT2D eigenvalue weighted by atomic mass is 32.2. The summed E-state index contributed by atoms with van der Waals surface area (Å²) >= 11 is 1.31. The minimum Gasteiger partial charge on any atom is -0.495 e. The lowest BCUT2D eigenvalue weighted by molar-refractivity contribution is -0.117. The molecule has 1 amide bonds. The maximum absolute atomic E-state index is 15.1. The highest BCUT2D eigenvalue weighted by Crippen LogP contribution is 2.49. The summed E-state index contributed by atoms with van der Waals surface area (Å²) in [6.45, 7) is 1.89. The number of para-hydroxylation sites is 4. The predicted octanol–water partition coefficient (Wildman–Crippen LogP) is 8.51. The fourth-order valence-corrected chi connectivity index (χ4v) is 8.20. The number of hydrogen-bond donors (Lipinski definition) is 0. The fraction of sp³-hybridized carbons (Fsp3) is 0.256. The zero-order chi connectivity index (χ0) is 31.7. The molecule has 0 aliphatic heterocycles. The van der Waals surface area contributed by atoms with E-state index >= 15 is 4.79 Å². The number of anilines is 2. The first-order chi connectivity index (χ1) is 22.5. The van der Waals surface area contributed by atoms with Crippen molar-refractivity contribution in [1.82, 2.24) is 9.55 Å². The van der Waals surface area contributed by atoms with Gasteiger partial charge in [0.05, 0.1) is 29.3 Å². The van der Waals surface area contributed by atoms with E-state index < -0.39 is 5.25 Å². The number of fused-ring (bicyclic) bond motifs is 4. The number of hydrogen-bond acceptors (Lipinski definition) is 5. The Morgan fingerprint density at radius 1 is 0.848 bits per heavy atom. The van der Waals surface area contributed by atoms with Crippen LogP contribution in [-0.2, 0) is 16.6 Å². The van der Waals surface area contributed by atoms with Crippen molar-refractivity contribution in [3.63, 3.8) is 0 Å². The lowest BCUT2D eigenvalue weighted by Gasteiger charge is -2.42. The molecule has 0 saturated heterocycles. The molecule has 1 aromatic heterocycles. The number of methoxy groups -OCH3 is 1. The number of benzene rings is 4. The van der Waals surface area contributed by atoms with Gasteiger partial charge in [0, 0.05) is 22.4 Å². The van der Waals surface area contributed by atoms with Crippen molar-refractivity contribution in [2.75, 3.05) is 12.0 Å². The number of aromatic nitrogens is 2. The maximum atomic E-state index is 15.1. The topological polar surface area (TPSA) is 64.4 Å². The van der Waals surface area contributed by atoms with Crippen molar-refractivity contribution in [2.24, 2.45) is 0 Å². The van der Waals surface area contributed by atoms with E-state index in [1.54, 1.807) is 16.6 Å². The van der Waals surface area contributed by atoms with Gasteiger partial charge in [0.1, 0.15) is 5.75 Å². The largest absolute Gasteiger partial charge is 0.495 e. The lowest BCUT2D eigenvalue weighted by atomic mass is 9.62. The molecule has 46 heavy (non-hydrogen) atoms. The minimum absolute atomic E-state index is 0.0731. The van der Waals surface area contributed by atoms with Gasteiger partial charge in [-0.25, -0.2) is 4.98 Å². The van der Waals surface area contributed by atoms with Gasteiger partial charge in [-0.15, -0.1) is 0 Å². The predicted molar refractivity (Wildman–Crippen MR) is 186 cm³/mol. The zero-order valence-electron chi connectivity index (χ0n) is 26.2. The van der Waals surface area contributed by atoms with E-state index in [4.69, 9.17) is 9.72 Å². The van der Waals surface area contributed by atoms with Crippen LogP contribution in [0, 0.1) is 0 Å². The van der Waals surface area contributed by atoms with Gasteiger partial charge >= 0.3 is 0 Å². The number of nitrogens with zero attached hydrogens (tertiary/aromatic N) is 3. The van der Waals surface area contributed by atoms with Crippen LogP contribution in [0.3, 0.4) is 0 Å². The van der Waals surface area contributed by atoms with Gasteiger partial charge in [-0.2, -0.15) is 0 Å². The molecule has 7 rings (SSSR count). The Kier molecular flexibility index (Phi) is 8.26. The Morgan fingerprint density at radius 3 is 2.13 bits per heavy atom. The van der Waals surface area contributed by atoms with Crippen molar-refractivity contribution in [2.45, 2.75) is 61.3 Å². The minimum atomic E-state index is -0.575. The Morgan fingerprint density at radius 2 is 1.46 bits per heavy atom. The molecule has 1 saturated carbocycles. The van der Waals surface area contributed by atoms with E-state index in [2.05, 4.69) is 18.2 Å². The second-order valence-electron chi connectivity index (χ2n) is 12.2. The van der Waals surface area contributed by atoms with Crippen LogP contribution in [0.5, 0.6) is 5.75 Å². The average molecular weight is 628 g/mol. The highest BCUT2D eigenvalue weighted by Gasteiger charge is 2.44. The summed E-state index contributed by atoms with van der Waals surface area (Å²) in [6.07, 6.45) is 6.12. The first-order valence-corrected chi connectivity index (χ1v) is 16.9. The number of thioether (sulfide) groups is 1. The Bertz CT molecular complexity index is 1890. The molecule has 2 aliphatic rings. The van der Waals surface area contributed by atoms with E-state index in [0.717, 1.165) is 60.3 Å². The summed E-state index contributed by atoms with van der Waals surface area (Å²) < 4.78 is 7.48. The van der Waals surface area contributed by atoms with Gasteiger partial charge in [-0.3, -0.25) is 19.1 Å². The molecule has 5 aromatic rings. The zero-order valence-corrected chi connectivity index (χ0v) is 27.0. The molecule has 6 nitrogen and oxygen atoms in total. The molecular weight excluding hydrogens is 591 g/mol. The second kappa shape index (κ2) is 12.6. The second-order valence-corrected chi connectivity index (χ2v) is 13.5. The summed E-state index contributed by atoms with van der Waals surface area (Å²) in [6, 6.07) is 35.3. The summed E-state index contributed by atoms with van der Waals surface area (Å²) in [5.41, 5.74) is 5.64. The van der Waals surface area contributed by atoms with Crippen molar-refractivity contribution in [3.8, 4) is 22.7 Å². The molecule has 4 aromatic carbocycles. The number of amides is 1. The third kappa shape index (κ3) is 5.32. The first-order valence-electron chi connectivity index (χ1n) is 16.0.